The van der Waals surface area contributed by atoms with E-state index in [1.165, 1.54) is 18.3 Å². The minimum Gasteiger partial charge on any atom is -0.406 e. The van der Waals surface area contributed by atoms with E-state index >= 15 is 0 Å². The van der Waals surface area contributed by atoms with Crippen LogP contribution in [0, 0.1) is 23.1 Å². The fourth-order valence-electron chi connectivity index (χ4n) is 4.30. The van der Waals surface area contributed by atoms with E-state index in [9.17, 15) is 9.18 Å². The molecule has 0 spiro atoms. The molecule has 4 aromatic rings. The molecule has 3 heterocycles. The molecule has 10 heteroatoms. The van der Waals surface area contributed by atoms with Crippen LogP contribution >= 0.6 is 0 Å². The minimum atomic E-state index is -0.570. The maximum absolute atomic E-state index is 13.6. The number of H-pyrrole nitrogens is 1. The van der Waals surface area contributed by atoms with Gasteiger partial charge in [0.2, 0.25) is 0 Å². The number of aryl methyl sites for hydroxylation is 1. The maximum Gasteiger partial charge on any atom is 0.412 e. The zero-order valence-electron chi connectivity index (χ0n) is 17.3. The van der Waals surface area contributed by atoms with Gasteiger partial charge in [0.15, 0.2) is 16.9 Å². The number of benzene rings is 1. The highest BCUT2D eigenvalue weighted by atomic mass is 19.1. The number of nitrogens with zero attached hydrogens (tertiary/aromatic N) is 5. The number of nitrogens with one attached hydrogen (secondary N) is 2. The summed E-state index contributed by atoms with van der Waals surface area (Å²) in [4.78, 5) is 24.4. The van der Waals surface area contributed by atoms with Crippen molar-refractivity contribution >= 4 is 28.2 Å². The first-order valence-corrected chi connectivity index (χ1v) is 10.3. The van der Waals surface area contributed by atoms with Gasteiger partial charge in [0.25, 0.3) is 0 Å². The van der Waals surface area contributed by atoms with Crippen LogP contribution in [0.3, 0.4) is 0 Å². The Bertz CT molecular complexity index is 1370. The van der Waals surface area contributed by atoms with Crippen molar-refractivity contribution < 1.29 is 13.9 Å². The van der Waals surface area contributed by atoms with Crippen LogP contribution in [0.1, 0.15) is 25.7 Å². The van der Waals surface area contributed by atoms with Crippen molar-refractivity contribution in [1.29, 1.82) is 5.26 Å². The van der Waals surface area contributed by atoms with Crippen LogP contribution in [0.15, 0.2) is 30.6 Å². The maximum atomic E-state index is 13.6. The van der Waals surface area contributed by atoms with Crippen molar-refractivity contribution in [3.63, 3.8) is 0 Å². The first-order chi connectivity index (χ1) is 15.5. The number of nitriles is 1. The van der Waals surface area contributed by atoms with Gasteiger partial charge in [-0.25, -0.2) is 19.2 Å². The molecule has 1 aromatic carbocycles. The van der Waals surface area contributed by atoms with E-state index in [4.69, 9.17) is 10.00 Å². The van der Waals surface area contributed by atoms with E-state index in [1.54, 1.807) is 24.0 Å². The van der Waals surface area contributed by atoms with Crippen molar-refractivity contribution in [2.45, 2.75) is 31.7 Å². The average Bonchev–Trinajstić information content (AvgIpc) is 3.46. The van der Waals surface area contributed by atoms with Crippen LogP contribution < -0.4 is 10.1 Å². The highest BCUT2D eigenvalue weighted by Gasteiger charge is 2.26. The normalized spacial score (nSPS) is 18.2. The Kier molecular flexibility index (Phi) is 4.93. The second-order valence-corrected chi connectivity index (χ2v) is 8.01. The van der Waals surface area contributed by atoms with E-state index in [-0.39, 0.29) is 17.6 Å². The molecule has 1 aliphatic rings. The third-order valence-corrected chi connectivity index (χ3v) is 5.85. The number of halogens is 1. The van der Waals surface area contributed by atoms with Crippen molar-refractivity contribution in [2.24, 2.45) is 13.0 Å². The van der Waals surface area contributed by atoms with E-state index in [1.807, 2.05) is 0 Å². The number of hydrogen-bond donors (Lipinski definition) is 2. The standard InChI is InChI=1S/C22H20FN7O2/c1-30-17-9-13(23)3-5-15(17)19(29-30)16-10-25-21-20(28-16)18(11-26-21)32-22(31)27-14-4-2-12(8-14)6-7-24/h3,5,9-12,14H,2,4,6,8H2,1H3,(H,25,26)(H,27,31)/t12-,14-/m1/s1. The summed E-state index contributed by atoms with van der Waals surface area (Å²) in [6.07, 6.45) is 5.56. The molecule has 0 saturated heterocycles. The number of hydrogen-bond acceptors (Lipinski definition) is 6. The van der Waals surface area contributed by atoms with E-state index < -0.39 is 6.09 Å². The monoisotopic (exact) mass is 433 g/mol. The Labute approximate surface area is 182 Å². The average molecular weight is 433 g/mol. The molecule has 9 nitrogen and oxygen atoms in total. The Balaban J connectivity index is 1.39. The predicted octanol–water partition coefficient (Wildman–Crippen LogP) is 3.82. The number of carbonyl (C=O) groups excluding carboxylic acids is 1. The van der Waals surface area contributed by atoms with Gasteiger partial charge in [-0.3, -0.25) is 4.68 Å². The second kappa shape index (κ2) is 7.92. The quantitative estimate of drug-likeness (QED) is 0.505. The lowest BCUT2D eigenvalue weighted by Gasteiger charge is -2.12. The molecule has 0 radical (unpaired) electrons. The summed E-state index contributed by atoms with van der Waals surface area (Å²) >= 11 is 0. The molecule has 32 heavy (non-hydrogen) atoms. The Morgan fingerprint density at radius 3 is 3.16 bits per heavy atom. The van der Waals surface area contributed by atoms with Crippen molar-refractivity contribution in [2.75, 3.05) is 0 Å². The van der Waals surface area contributed by atoms with E-state index in [2.05, 4.69) is 31.4 Å². The molecule has 1 aliphatic carbocycles. The smallest absolute Gasteiger partial charge is 0.406 e. The SMILES string of the molecule is Cn1nc(-c2cnc3[nH]cc(OC(=O)N[C@@H]4CC[C@H](CC#N)C4)c3n2)c2ccc(F)cc21. The van der Waals surface area contributed by atoms with Gasteiger partial charge in [0, 0.05) is 31.1 Å². The molecule has 0 aliphatic heterocycles. The van der Waals surface area contributed by atoms with Gasteiger partial charge < -0.3 is 15.0 Å². The molecule has 2 atom stereocenters. The third-order valence-electron chi connectivity index (χ3n) is 5.85. The van der Waals surface area contributed by atoms with Crippen LogP contribution in [0.5, 0.6) is 5.75 Å². The molecule has 2 N–H and O–H groups in total. The Morgan fingerprint density at radius 1 is 1.44 bits per heavy atom. The van der Waals surface area contributed by atoms with Gasteiger partial charge in [0.05, 0.1) is 17.8 Å². The van der Waals surface area contributed by atoms with Gasteiger partial charge in [-0.15, -0.1) is 0 Å². The molecule has 5 rings (SSSR count). The molecule has 0 bridgehead atoms. The first-order valence-electron chi connectivity index (χ1n) is 10.3. The number of fused-ring (bicyclic) bond motifs is 2. The summed E-state index contributed by atoms with van der Waals surface area (Å²) < 4.78 is 20.7. The van der Waals surface area contributed by atoms with E-state index in [0.29, 0.717) is 40.4 Å². The number of ether oxygens (including phenoxy) is 1. The van der Waals surface area contributed by atoms with Crippen LogP contribution in [-0.2, 0) is 7.05 Å². The third kappa shape index (κ3) is 3.62. The summed E-state index contributed by atoms with van der Waals surface area (Å²) in [5, 5.41) is 16.9. The Morgan fingerprint density at radius 2 is 2.31 bits per heavy atom. The minimum absolute atomic E-state index is 0.00650. The van der Waals surface area contributed by atoms with Gasteiger partial charge in [0.1, 0.15) is 17.2 Å². The summed E-state index contributed by atoms with van der Waals surface area (Å²) in [5.74, 6) is 0.223. The largest absolute Gasteiger partial charge is 0.412 e. The van der Waals surface area contributed by atoms with Gasteiger partial charge in [-0.2, -0.15) is 10.4 Å². The van der Waals surface area contributed by atoms with Gasteiger partial charge >= 0.3 is 6.09 Å². The highest BCUT2D eigenvalue weighted by Crippen LogP contribution is 2.31. The van der Waals surface area contributed by atoms with Crippen molar-refractivity contribution in [1.82, 2.24) is 30.0 Å². The lowest BCUT2D eigenvalue weighted by molar-refractivity contribution is 0.196. The lowest BCUT2D eigenvalue weighted by Crippen LogP contribution is -2.35. The second-order valence-electron chi connectivity index (χ2n) is 8.01. The van der Waals surface area contributed by atoms with Crippen LogP contribution in [0.25, 0.3) is 33.5 Å². The van der Waals surface area contributed by atoms with Gasteiger partial charge in [-0.05, 0) is 43.4 Å². The summed E-state index contributed by atoms with van der Waals surface area (Å²) in [5.41, 5.74) is 2.54. The molecular formula is C22H20FN7O2. The first kappa shape index (κ1) is 19.9. The highest BCUT2D eigenvalue weighted by molar-refractivity contribution is 5.93. The van der Waals surface area contributed by atoms with E-state index in [0.717, 1.165) is 24.6 Å². The molecule has 1 saturated carbocycles. The molecular weight excluding hydrogens is 413 g/mol. The fourth-order valence-corrected chi connectivity index (χ4v) is 4.30. The van der Waals surface area contributed by atoms with Crippen LogP contribution in [-0.4, -0.2) is 36.9 Å². The van der Waals surface area contributed by atoms with Crippen molar-refractivity contribution in [3.05, 3.63) is 36.4 Å². The summed E-state index contributed by atoms with van der Waals surface area (Å²) in [6.45, 7) is 0. The topological polar surface area (TPSA) is 122 Å². The zero-order valence-corrected chi connectivity index (χ0v) is 17.3. The summed E-state index contributed by atoms with van der Waals surface area (Å²) in [6, 6.07) is 6.62. The molecule has 1 fully saturated rings. The molecule has 3 aromatic heterocycles. The molecule has 162 valence electrons. The zero-order chi connectivity index (χ0) is 22.2. The fraction of sp³-hybridized carbons (Fsp3) is 0.318. The number of rotatable bonds is 4. The number of aromatic amines is 1. The molecule has 0 unspecified atom stereocenters. The number of carbonyl (C=O) groups is 1. The lowest BCUT2D eigenvalue weighted by atomic mass is 10.1. The van der Waals surface area contributed by atoms with Crippen LogP contribution in [0.2, 0.25) is 0 Å². The Hall–Kier alpha value is -4.00. The van der Waals surface area contributed by atoms with Crippen molar-refractivity contribution in [3.8, 4) is 23.2 Å². The number of amides is 1. The number of aromatic nitrogens is 5. The molecule has 1 amide bonds. The summed E-state index contributed by atoms with van der Waals surface area (Å²) in [7, 11) is 1.73. The predicted molar refractivity (Wildman–Crippen MR) is 114 cm³/mol. The van der Waals surface area contributed by atoms with Crippen LogP contribution in [0.4, 0.5) is 9.18 Å². The van der Waals surface area contributed by atoms with Gasteiger partial charge in [-0.1, -0.05) is 0 Å².